The Bertz CT molecular complexity index is 723. The lowest BCUT2D eigenvalue weighted by molar-refractivity contribution is 0.299. The van der Waals surface area contributed by atoms with Gasteiger partial charge in [0.15, 0.2) is 9.84 Å². The fourth-order valence-electron chi connectivity index (χ4n) is 2.53. The van der Waals surface area contributed by atoms with Gasteiger partial charge in [-0.2, -0.15) is 4.31 Å². The number of benzene rings is 1. The highest BCUT2D eigenvalue weighted by Crippen LogP contribution is 2.22. The fraction of sp³-hybridized carbons (Fsp3) is 0.625. The predicted molar refractivity (Wildman–Crippen MR) is 94.3 cm³/mol. The van der Waals surface area contributed by atoms with Crippen LogP contribution in [0.5, 0.6) is 5.75 Å². The molecule has 2 rings (SSSR count). The minimum atomic E-state index is -3.41. The topological polar surface area (TPSA) is 80.8 Å². The van der Waals surface area contributed by atoms with E-state index in [1.807, 2.05) is 44.2 Å². The molecule has 1 saturated heterocycles. The zero-order valence-corrected chi connectivity index (χ0v) is 15.7. The van der Waals surface area contributed by atoms with Crippen molar-refractivity contribution in [2.75, 3.05) is 31.2 Å². The van der Waals surface area contributed by atoms with Gasteiger partial charge in [-0.3, -0.25) is 0 Å². The normalized spacial score (nSPS) is 17.0. The maximum atomic E-state index is 12.2. The molecule has 8 heteroatoms. The molecule has 136 valence electrons. The third-order valence-corrected chi connectivity index (χ3v) is 8.17. The van der Waals surface area contributed by atoms with Gasteiger partial charge in [0.25, 0.3) is 0 Å². The molecule has 1 heterocycles. The number of hydrogen-bond donors (Lipinski definition) is 0. The predicted octanol–water partition coefficient (Wildman–Crippen LogP) is 1.54. The highest BCUT2D eigenvalue weighted by Gasteiger charge is 2.42. The zero-order chi connectivity index (χ0) is 17.8. The summed E-state index contributed by atoms with van der Waals surface area (Å²) in [6, 6.07) is 9.21. The van der Waals surface area contributed by atoms with Crippen LogP contribution in [-0.4, -0.2) is 57.6 Å². The number of para-hydroxylation sites is 1. The molecule has 0 spiro atoms. The van der Waals surface area contributed by atoms with E-state index < -0.39 is 25.1 Å². The van der Waals surface area contributed by atoms with Crippen LogP contribution in [0.3, 0.4) is 0 Å². The zero-order valence-electron chi connectivity index (χ0n) is 14.1. The van der Waals surface area contributed by atoms with E-state index in [-0.39, 0.29) is 30.5 Å². The standard InChI is InChI=1S/C16H25NO5S2/c1-14(2)13-23(18,19)16-11-17(12-16)24(20,21)10-6-9-22-15-7-4-3-5-8-15/h3-5,7-8,14,16H,6,9-13H2,1-2H3. The second-order valence-electron chi connectivity index (χ2n) is 6.49. The Balaban J connectivity index is 1.75. The molecule has 1 aliphatic rings. The molecule has 0 aliphatic carbocycles. The van der Waals surface area contributed by atoms with Gasteiger partial charge in [0.05, 0.1) is 23.4 Å². The summed E-state index contributed by atoms with van der Waals surface area (Å²) in [7, 11) is -6.62. The van der Waals surface area contributed by atoms with Gasteiger partial charge in [0.2, 0.25) is 10.0 Å². The van der Waals surface area contributed by atoms with Crippen molar-refractivity contribution in [2.45, 2.75) is 25.5 Å². The summed E-state index contributed by atoms with van der Waals surface area (Å²) in [6.45, 7) is 4.16. The van der Waals surface area contributed by atoms with Crippen molar-refractivity contribution < 1.29 is 21.6 Å². The molecule has 0 radical (unpaired) electrons. The number of rotatable bonds is 9. The van der Waals surface area contributed by atoms with Crippen molar-refractivity contribution in [2.24, 2.45) is 5.92 Å². The van der Waals surface area contributed by atoms with Gasteiger partial charge >= 0.3 is 0 Å². The van der Waals surface area contributed by atoms with Crippen LogP contribution in [-0.2, 0) is 19.9 Å². The lowest BCUT2D eigenvalue weighted by Gasteiger charge is -2.37. The summed E-state index contributed by atoms with van der Waals surface area (Å²) in [4.78, 5) is 0. The largest absolute Gasteiger partial charge is 0.494 e. The van der Waals surface area contributed by atoms with E-state index in [0.717, 1.165) is 0 Å². The number of sulfonamides is 1. The Kier molecular flexibility index (Phi) is 6.28. The van der Waals surface area contributed by atoms with Crippen molar-refractivity contribution in [1.82, 2.24) is 4.31 Å². The Morgan fingerprint density at radius 3 is 2.33 bits per heavy atom. The lowest BCUT2D eigenvalue weighted by Crippen LogP contribution is -2.58. The van der Waals surface area contributed by atoms with E-state index in [0.29, 0.717) is 18.8 Å². The Labute approximate surface area is 144 Å². The van der Waals surface area contributed by atoms with Gasteiger partial charge < -0.3 is 4.74 Å². The Morgan fingerprint density at radius 1 is 1.12 bits per heavy atom. The molecule has 0 atom stereocenters. The van der Waals surface area contributed by atoms with Crippen molar-refractivity contribution in [1.29, 1.82) is 0 Å². The first-order valence-electron chi connectivity index (χ1n) is 8.08. The molecular weight excluding hydrogens is 350 g/mol. The number of ether oxygens (including phenoxy) is 1. The molecule has 1 aromatic rings. The molecule has 6 nitrogen and oxygen atoms in total. The van der Waals surface area contributed by atoms with E-state index in [2.05, 4.69) is 0 Å². The van der Waals surface area contributed by atoms with Gasteiger partial charge in [-0.25, -0.2) is 16.8 Å². The highest BCUT2D eigenvalue weighted by atomic mass is 32.2. The maximum absolute atomic E-state index is 12.2. The molecule has 1 aliphatic heterocycles. The Hall–Kier alpha value is -1.12. The van der Waals surface area contributed by atoms with Gasteiger partial charge in [0, 0.05) is 13.1 Å². The van der Waals surface area contributed by atoms with E-state index in [4.69, 9.17) is 4.74 Å². The first-order valence-corrected chi connectivity index (χ1v) is 11.4. The van der Waals surface area contributed by atoms with Crippen LogP contribution in [0, 0.1) is 5.92 Å². The van der Waals surface area contributed by atoms with Crippen molar-refractivity contribution in [3.05, 3.63) is 30.3 Å². The van der Waals surface area contributed by atoms with Crippen LogP contribution in [0.15, 0.2) is 30.3 Å². The molecule has 1 fully saturated rings. The molecule has 0 N–H and O–H groups in total. The minimum Gasteiger partial charge on any atom is -0.494 e. The smallest absolute Gasteiger partial charge is 0.214 e. The fourth-order valence-corrected chi connectivity index (χ4v) is 6.29. The molecule has 0 aromatic heterocycles. The summed E-state index contributed by atoms with van der Waals surface area (Å²) in [5.74, 6) is 0.835. The molecular formula is C16H25NO5S2. The van der Waals surface area contributed by atoms with Gasteiger partial charge in [-0.05, 0) is 24.5 Å². The van der Waals surface area contributed by atoms with E-state index in [1.54, 1.807) is 0 Å². The van der Waals surface area contributed by atoms with Gasteiger partial charge in [-0.15, -0.1) is 0 Å². The Morgan fingerprint density at radius 2 is 1.75 bits per heavy atom. The van der Waals surface area contributed by atoms with E-state index >= 15 is 0 Å². The summed E-state index contributed by atoms with van der Waals surface area (Å²) >= 11 is 0. The first kappa shape index (κ1) is 19.2. The second-order valence-corrected chi connectivity index (χ2v) is 10.9. The first-order chi connectivity index (χ1) is 11.2. The SMILES string of the molecule is CC(C)CS(=O)(=O)C1CN(S(=O)(=O)CCCOc2ccccc2)C1. The molecule has 0 saturated carbocycles. The van der Waals surface area contributed by atoms with Crippen molar-refractivity contribution in [3.63, 3.8) is 0 Å². The molecule has 0 amide bonds. The van der Waals surface area contributed by atoms with Crippen molar-refractivity contribution >= 4 is 19.9 Å². The van der Waals surface area contributed by atoms with Crippen LogP contribution in [0.4, 0.5) is 0 Å². The second kappa shape index (κ2) is 7.84. The summed E-state index contributed by atoms with van der Waals surface area (Å²) in [5.41, 5.74) is 0. The summed E-state index contributed by atoms with van der Waals surface area (Å²) < 4.78 is 55.3. The number of hydrogen-bond acceptors (Lipinski definition) is 5. The minimum absolute atomic E-state index is 0.0310. The number of nitrogens with zero attached hydrogens (tertiary/aromatic N) is 1. The molecule has 24 heavy (non-hydrogen) atoms. The van der Waals surface area contributed by atoms with Crippen LogP contribution in [0.1, 0.15) is 20.3 Å². The highest BCUT2D eigenvalue weighted by molar-refractivity contribution is 7.92. The molecule has 1 aromatic carbocycles. The van der Waals surface area contributed by atoms with Crippen LogP contribution in [0.2, 0.25) is 0 Å². The lowest BCUT2D eigenvalue weighted by atomic mass is 10.3. The van der Waals surface area contributed by atoms with E-state index in [9.17, 15) is 16.8 Å². The third-order valence-electron chi connectivity index (χ3n) is 3.84. The van der Waals surface area contributed by atoms with E-state index in [1.165, 1.54) is 4.31 Å². The van der Waals surface area contributed by atoms with Crippen LogP contribution in [0.25, 0.3) is 0 Å². The monoisotopic (exact) mass is 375 g/mol. The third kappa shape index (κ3) is 5.19. The summed E-state index contributed by atoms with van der Waals surface area (Å²) in [6.07, 6.45) is 0.372. The average molecular weight is 376 g/mol. The van der Waals surface area contributed by atoms with Gasteiger partial charge in [-0.1, -0.05) is 32.0 Å². The summed E-state index contributed by atoms with van der Waals surface area (Å²) in [5, 5.41) is -0.560. The quantitative estimate of drug-likeness (QED) is 0.612. The number of sulfone groups is 1. The average Bonchev–Trinajstić information content (AvgIpc) is 2.41. The molecule has 0 bridgehead atoms. The van der Waals surface area contributed by atoms with Crippen LogP contribution < -0.4 is 4.74 Å². The molecule has 0 unspecified atom stereocenters. The maximum Gasteiger partial charge on any atom is 0.214 e. The van der Waals surface area contributed by atoms with Crippen LogP contribution >= 0.6 is 0 Å². The van der Waals surface area contributed by atoms with Crippen molar-refractivity contribution in [3.8, 4) is 5.75 Å². The van der Waals surface area contributed by atoms with Gasteiger partial charge in [0.1, 0.15) is 5.75 Å².